The minimum Gasteiger partial charge on any atom is -0.496 e. The average molecular weight is 457 g/mol. The minimum absolute atomic E-state index is 0.189. The van der Waals surface area contributed by atoms with Crippen LogP contribution < -0.4 is 14.8 Å². The largest absolute Gasteiger partial charge is 0.496 e. The van der Waals surface area contributed by atoms with Crippen LogP contribution in [0.1, 0.15) is 28.4 Å². The number of hydrogen-bond donors (Lipinski definition) is 1. The average Bonchev–Trinajstić information content (AvgIpc) is 2.84. The summed E-state index contributed by atoms with van der Waals surface area (Å²) in [7, 11) is 1.44. The number of ether oxygens (including phenoxy) is 3. The maximum Gasteiger partial charge on any atom is 0.346 e. The van der Waals surface area contributed by atoms with Gasteiger partial charge in [0.25, 0.3) is 0 Å². The number of methoxy groups -OCH3 is 1. The van der Waals surface area contributed by atoms with Gasteiger partial charge in [0, 0.05) is 18.7 Å². The van der Waals surface area contributed by atoms with Gasteiger partial charge in [0.05, 0.1) is 13.4 Å². The lowest BCUT2D eigenvalue weighted by atomic mass is 10.1. The predicted octanol–water partition coefficient (Wildman–Crippen LogP) is 5.10. The number of esters is 2. The Morgan fingerprint density at radius 2 is 1.59 bits per heavy atom. The molecule has 0 aliphatic heterocycles. The van der Waals surface area contributed by atoms with Crippen molar-refractivity contribution in [2.24, 2.45) is 0 Å². The van der Waals surface area contributed by atoms with E-state index in [0.717, 1.165) is 5.56 Å². The zero-order valence-corrected chi connectivity index (χ0v) is 18.7. The van der Waals surface area contributed by atoms with Crippen LogP contribution in [0.3, 0.4) is 0 Å². The Balaban J connectivity index is 1.60. The molecule has 0 aliphatic carbocycles. The molecule has 1 N–H and O–H groups in total. The van der Waals surface area contributed by atoms with E-state index in [0.29, 0.717) is 22.7 Å². The van der Waals surface area contributed by atoms with Crippen molar-refractivity contribution in [2.45, 2.75) is 6.92 Å². The molecule has 0 aliphatic rings. The third-order valence-corrected chi connectivity index (χ3v) is 4.49. The minimum atomic E-state index is -0.583. The van der Waals surface area contributed by atoms with Crippen molar-refractivity contribution in [2.75, 3.05) is 12.4 Å². The molecular formula is C27H23NO6. The third kappa shape index (κ3) is 7.20. The Hall–Kier alpha value is -4.65. The molecular weight excluding hydrogens is 434 g/mol. The smallest absolute Gasteiger partial charge is 0.346 e. The lowest BCUT2D eigenvalue weighted by Gasteiger charge is -2.08. The number of carbonyl (C=O) groups excluding carboxylic acids is 3. The number of anilines is 1. The first kappa shape index (κ1) is 24.0. The highest BCUT2D eigenvalue weighted by Crippen LogP contribution is 2.22. The lowest BCUT2D eigenvalue weighted by Crippen LogP contribution is -2.06. The SMILES string of the molecule is COc1cc(/C=C/C(=O)Oc2ccc(NC(C)=O)cc2)ccc1C(=O)O/C=C/c1ccccc1. The second kappa shape index (κ2) is 11.8. The van der Waals surface area contributed by atoms with E-state index in [1.165, 1.54) is 26.4 Å². The topological polar surface area (TPSA) is 90.9 Å². The summed E-state index contributed by atoms with van der Waals surface area (Å²) in [5.41, 5.74) is 2.38. The fourth-order valence-electron chi connectivity index (χ4n) is 2.91. The molecule has 0 aromatic heterocycles. The molecule has 0 heterocycles. The van der Waals surface area contributed by atoms with Crippen LogP contribution in [0.5, 0.6) is 11.5 Å². The molecule has 34 heavy (non-hydrogen) atoms. The van der Waals surface area contributed by atoms with Gasteiger partial charge < -0.3 is 19.5 Å². The molecule has 172 valence electrons. The van der Waals surface area contributed by atoms with Gasteiger partial charge in [-0.3, -0.25) is 4.79 Å². The van der Waals surface area contributed by atoms with Gasteiger partial charge in [-0.1, -0.05) is 36.4 Å². The van der Waals surface area contributed by atoms with E-state index in [-0.39, 0.29) is 11.5 Å². The molecule has 0 unspecified atom stereocenters. The first-order chi connectivity index (χ1) is 16.4. The Bertz CT molecular complexity index is 1210. The summed E-state index contributed by atoms with van der Waals surface area (Å²) in [4.78, 5) is 35.6. The summed E-state index contributed by atoms with van der Waals surface area (Å²) in [5, 5.41) is 2.63. The number of hydrogen-bond acceptors (Lipinski definition) is 6. The van der Waals surface area contributed by atoms with Gasteiger partial charge >= 0.3 is 11.9 Å². The molecule has 7 nitrogen and oxygen atoms in total. The monoisotopic (exact) mass is 457 g/mol. The van der Waals surface area contributed by atoms with Crippen LogP contribution in [-0.2, 0) is 14.3 Å². The zero-order valence-electron chi connectivity index (χ0n) is 18.7. The second-order valence-corrected chi connectivity index (χ2v) is 7.04. The summed E-state index contributed by atoms with van der Waals surface area (Å²) in [6.45, 7) is 1.41. The number of rotatable bonds is 8. The molecule has 0 atom stereocenters. The van der Waals surface area contributed by atoms with Crippen molar-refractivity contribution in [3.8, 4) is 11.5 Å². The van der Waals surface area contributed by atoms with Crippen LogP contribution in [-0.4, -0.2) is 25.0 Å². The van der Waals surface area contributed by atoms with E-state index in [4.69, 9.17) is 14.2 Å². The van der Waals surface area contributed by atoms with Crippen molar-refractivity contribution in [1.82, 2.24) is 0 Å². The van der Waals surface area contributed by atoms with Gasteiger partial charge in [0.1, 0.15) is 17.1 Å². The van der Waals surface area contributed by atoms with Gasteiger partial charge in [-0.2, -0.15) is 0 Å². The van der Waals surface area contributed by atoms with Crippen molar-refractivity contribution in [1.29, 1.82) is 0 Å². The fraction of sp³-hybridized carbons (Fsp3) is 0.0741. The van der Waals surface area contributed by atoms with Crippen LogP contribution in [0, 0.1) is 0 Å². The van der Waals surface area contributed by atoms with E-state index in [9.17, 15) is 14.4 Å². The van der Waals surface area contributed by atoms with Crippen LogP contribution in [0.25, 0.3) is 12.2 Å². The van der Waals surface area contributed by atoms with E-state index in [2.05, 4.69) is 5.32 Å². The van der Waals surface area contributed by atoms with Gasteiger partial charge in [-0.25, -0.2) is 9.59 Å². The quantitative estimate of drug-likeness (QED) is 0.219. The Kier molecular flexibility index (Phi) is 8.35. The summed E-state index contributed by atoms with van der Waals surface area (Å²) < 4.78 is 15.7. The molecule has 0 radical (unpaired) electrons. The first-order valence-corrected chi connectivity index (χ1v) is 10.3. The zero-order chi connectivity index (χ0) is 24.3. The van der Waals surface area contributed by atoms with E-state index < -0.39 is 11.9 Å². The fourth-order valence-corrected chi connectivity index (χ4v) is 2.91. The first-order valence-electron chi connectivity index (χ1n) is 10.3. The normalized spacial score (nSPS) is 10.8. The molecule has 1 amide bonds. The second-order valence-electron chi connectivity index (χ2n) is 7.04. The van der Waals surface area contributed by atoms with Crippen LogP contribution in [0.2, 0.25) is 0 Å². The highest BCUT2D eigenvalue weighted by molar-refractivity contribution is 5.94. The highest BCUT2D eigenvalue weighted by atomic mass is 16.5. The van der Waals surface area contributed by atoms with E-state index in [1.807, 2.05) is 30.3 Å². The van der Waals surface area contributed by atoms with Gasteiger partial charge in [0.2, 0.25) is 5.91 Å². The van der Waals surface area contributed by atoms with Crippen LogP contribution in [0.15, 0.2) is 85.1 Å². The molecule has 0 saturated carbocycles. The van der Waals surface area contributed by atoms with Gasteiger partial charge in [-0.15, -0.1) is 0 Å². The van der Waals surface area contributed by atoms with Crippen LogP contribution in [0.4, 0.5) is 5.69 Å². The van der Waals surface area contributed by atoms with Gasteiger partial charge in [0.15, 0.2) is 0 Å². The third-order valence-electron chi connectivity index (χ3n) is 4.49. The van der Waals surface area contributed by atoms with Crippen molar-refractivity contribution in [3.05, 3.63) is 102 Å². The maximum absolute atomic E-state index is 12.4. The summed E-state index contributed by atoms with van der Waals surface area (Å²) in [6.07, 6.45) is 5.81. The molecule has 0 bridgehead atoms. The van der Waals surface area contributed by atoms with Crippen molar-refractivity contribution in [3.63, 3.8) is 0 Å². The Morgan fingerprint density at radius 3 is 2.26 bits per heavy atom. The number of carbonyl (C=O) groups is 3. The summed E-state index contributed by atoms with van der Waals surface area (Å²) in [6, 6.07) is 20.7. The standard InChI is InChI=1S/C27H23NO6/c1-19(29)28-22-10-12-23(13-11-22)34-26(30)15-9-21-8-14-24(25(18-21)32-2)27(31)33-17-16-20-6-4-3-5-7-20/h3-18H,1-2H3,(H,28,29)/b15-9+,17-16+. The van der Waals surface area contributed by atoms with Crippen LogP contribution >= 0.6 is 0 Å². The summed E-state index contributed by atoms with van der Waals surface area (Å²) in [5.74, 6) is -0.696. The maximum atomic E-state index is 12.4. The molecule has 0 saturated heterocycles. The van der Waals surface area contributed by atoms with E-state index in [1.54, 1.807) is 54.6 Å². The number of benzene rings is 3. The number of amides is 1. The number of nitrogens with one attached hydrogen (secondary N) is 1. The molecule has 3 aromatic rings. The Labute approximate surface area is 197 Å². The molecule has 0 fully saturated rings. The van der Waals surface area contributed by atoms with Crippen molar-refractivity contribution >= 4 is 35.7 Å². The Morgan fingerprint density at radius 1 is 0.853 bits per heavy atom. The van der Waals surface area contributed by atoms with E-state index >= 15 is 0 Å². The predicted molar refractivity (Wildman–Crippen MR) is 129 cm³/mol. The summed E-state index contributed by atoms with van der Waals surface area (Å²) >= 11 is 0. The molecule has 0 spiro atoms. The van der Waals surface area contributed by atoms with Gasteiger partial charge in [-0.05, 0) is 59.7 Å². The van der Waals surface area contributed by atoms with Crippen molar-refractivity contribution < 1.29 is 28.6 Å². The molecule has 3 aromatic carbocycles. The molecule has 3 rings (SSSR count). The lowest BCUT2D eigenvalue weighted by molar-refractivity contribution is -0.128. The molecule has 7 heteroatoms. The highest BCUT2D eigenvalue weighted by Gasteiger charge is 2.13.